The van der Waals surface area contributed by atoms with E-state index in [0.717, 1.165) is 18.8 Å². The van der Waals surface area contributed by atoms with E-state index in [4.69, 9.17) is 12.2 Å². The standard InChI is InChI=1S/C16H27N3S/c1-12-7-8-14(9-13(12)2)18-15(20)17-10-16(3,4)11-19(5)6/h7-9H,10-11H2,1-6H3,(H2,17,18,20)/p+1. The molecule has 1 aromatic carbocycles. The zero-order valence-electron chi connectivity index (χ0n) is 13.6. The van der Waals surface area contributed by atoms with Crippen molar-refractivity contribution in [2.24, 2.45) is 5.41 Å². The van der Waals surface area contributed by atoms with Crippen molar-refractivity contribution < 1.29 is 4.90 Å². The molecule has 0 unspecified atom stereocenters. The topological polar surface area (TPSA) is 28.5 Å². The molecule has 0 fully saturated rings. The number of aryl methyl sites for hydroxylation is 2. The second kappa shape index (κ2) is 7.04. The first-order valence-electron chi connectivity index (χ1n) is 7.11. The third-order valence-electron chi connectivity index (χ3n) is 3.32. The van der Waals surface area contributed by atoms with Gasteiger partial charge in [-0.25, -0.2) is 0 Å². The maximum atomic E-state index is 5.36. The van der Waals surface area contributed by atoms with Crippen LogP contribution in [-0.2, 0) is 0 Å². The van der Waals surface area contributed by atoms with Crippen LogP contribution in [0.25, 0.3) is 0 Å². The van der Waals surface area contributed by atoms with Crippen LogP contribution < -0.4 is 15.5 Å². The molecule has 0 aliphatic rings. The summed E-state index contributed by atoms with van der Waals surface area (Å²) in [5.74, 6) is 0. The van der Waals surface area contributed by atoms with Gasteiger partial charge in [0.2, 0.25) is 0 Å². The summed E-state index contributed by atoms with van der Waals surface area (Å²) >= 11 is 5.36. The first kappa shape index (κ1) is 16.9. The summed E-state index contributed by atoms with van der Waals surface area (Å²) in [6.45, 7) is 10.7. The van der Waals surface area contributed by atoms with Gasteiger partial charge in [0.1, 0.15) is 0 Å². The molecule has 0 saturated carbocycles. The second-order valence-corrected chi connectivity index (χ2v) is 7.06. The van der Waals surface area contributed by atoms with Crippen molar-refractivity contribution in [3.63, 3.8) is 0 Å². The molecular weight excluding hydrogens is 266 g/mol. The number of benzene rings is 1. The molecule has 0 aliphatic carbocycles. The number of anilines is 1. The SMILES string of the molecule is Cc1ccc(NC(=S)NCC(C)(C)C[NH+](C)C)cc1C. The Kier molecular flexibility index (Phi) is 5.96. The average Bonchev–Trinajstić information content (AvgIpc) is 2.30. The van der Waals surface area contributed by atoms with E-state index in [0.29, 0.717) is 5.11 Å². The Bertz CT molecular complexity index is 467. The minimum atomic E-state index is 0.216. The summed E-state index contributed by atoms with van der Waals surface area (Å²) in [6.07, 6.45) is 0. The zero-order chi connectivity index (χ0) is 15.3. The molecular formula is C16H28N3S+. The number of thiocarbonyl (C=S) groups is 1. The molecule has 0 amide bonds. The lowest BCUT2D eigenvalue weighted by Gasteiger charge is -2.26. The highest BCUT2D eigenvalue weighted by Crippen LogP contribution is 2.14. The largest absolute Gasteiger partial charge is 0.362 e. The molecule has 0 spiro atoms. The average molecular weight is 294 g/mol. The molecule has 0 heterocycles. The van der Waals surface area contributed by atoms with Gasteiger partial charge in [-0.1, -0.05) is 19.9 Å². The van der Waals surface area contributed by atoms with Gasteiger partial charge in [-0.3, -0.25) is 0 Å². The van der Waals surface area contributed by atoms with Crippen molar-refractivity contribution in [1.82, 2.24) is 5.32 Å². The van der Waals surface area contributed by atoms with Crippen LogP contribution in [-0.4, -0.2) is 32.3 Å². The van der Waals surface area contributed by atoms with E-state index in [2.05, 4.69) is 70.6 Å². The lowest BCUT2D eigenvalue weighted by atomic mass is 9.93. The van der Waals surface area contributed by atoms with Crippen LogP contribution in [0, 0.1) is 19.3 Å². The minimum Gasteiger partial charge on any atom is -0.362 e. The summed E-state index contributed by atoms with van der Waals surface area (Å²) < 4.78 is 0. The minimum absolute atomic E-state index is 0.216. The molecule has 3 N–H and O–H groups in total. The van der Waals surface area contributed by atoms with Crippen LogP contribution in [0.2, 0.25) is 0 Å². The van der Waals surface area contributed by atoms with Crippen LogP contribution in [0.5, 0.6) is 0 Å². The maximum absolute atomic E-state index is 5.36. The molecule has 1 aromatic rings. The quantitative estimate of drug-likeness (QED) is 0.723. The zero-order valence-corrected chi connectivity index (χ0v) is 14.4. The molecule has 1 rings (SSSR count). The van der Waals surface area contributed by atoms with Crippen molar-refractivity contribution >= 4 is 23.0 Å². The summed E-state index contributed by atoms with van der Waals surface area (Å²) in [6, 6.07) is 6.30. The maximum Gasteiger partial charge on any atom is 0.170 e. The Hall–Kier alpha value is -1.13. The van der Waals surface area contributed by atoms with Gasteiger partial charge in [-0.15, -0.1) is 0 Å². The molecule has 112 valence electrons. The highest BCUT2D eigenvalue weighted by Gasteiger charge is 2.21. The Morgan fingerprint density at radius 3 is 2.40 bits per heavy atom. The molecule has 0 aromatic heterocycles. The number of hydrogen-bond acceptors (Lipinski definition) is 1. The Labute approximate surface area is 128 Å². The van der Waals surface area contributed by atoms with E-state index in [-0.39, 0.29) is 5.41 Å². The summed E-state index contributed by atoms with van der Waals surface area (Å²) in [5, 5.41) is 7.26. The number of hydrogen-bond donors (Lipinski definition) is 3. The highest BCUT2D eigenvalue weighted by molar-refractivity contribution is 7.80. The Balaban J connectivity index is 2.49. The fourth-order valence-corrected chi connectivity index (χ4v) is 2.52. The molecule has 3 nitrogen and oxygen atoms in total. The van der Waals surface area contributed by atoms with Gasteiger partial charge in [0.25, 0.3) is 0 Å². The molecule has 20 heavy (non-hydrogen) atoms. The van der Waals surface area contributed by atoms with E-state index in [1.807, 2.05) is 0 Å². The van der Waals surface area contributed by atoms with Crippen molar-refractivity contribution in [2.45, 2.75) is 27.7 Å². The first-order chi connectivity index (χ1) is 9.19. The van der Waals surface area contributed by atoms with Gasteiger partial charge in [0, 0.05) is 17.6 Å². The fraction of sp³-hybridized carbons (Fsp3) is 0.562. The van der Waals surface area contributed by atoms with Gasteiger partial charge in [0.15, 0.2) is 5.11 Å². The van der Waals surface area contributed by atoms with Gasteiger partial charge in [0.05, 0.1) is 20.6 Å². The van der Waals surface area contributed by atoms with Crippen LogP contribution in [0.15, 0.2) is 18.2 Å². The monoisotopic (exact) mass is 294 g/mol. The Morgan fingerprint density at radius 1 is 1.20 bits per heavy atom. The number of quaternary nitrogens is 1. The van der Waals surface area contributed by atoms with Crippen LogP contribution in [0.1, 0.15) is 25.0 Å². The van der Waals surface area contributed by atoms with Gasteiger partial charge in [-0.2, -0.15) is 0 Å². The predicted molar refractivity (Wildman–Crippen MR) is 91.6 cm³/mol. The van der Waals surface area contributed by atoms with E-state index in [1.54, 1.807) is 0 Å². The lowest BCUT2D eigenvalue weighted by molar-refractivity contribution is -0.865. The van der Waals surface area contributed by atoms with E-state index < -0.39 is 0 Å². The number of rotatable bonds is 5. The summed E-state index contributed by atoms with van der Waals surface area (Å²) in [5.41, 5.74) is 3.83. The molecule has 0 saturated heterocycles. The van der Waals surface area contributed by atoms with E-state index in [9.17, 15) is 0 Å². The summed E-state index contributed by atoms with van der Waals surface area (Å²) in [4.78, 5) is 1.45. The highest BCUT2D eigenvalue weighted by atomic mass is 32.1. The summed E-state index contributed by atoms with van der Waals surface area (Å²) in [7, 11) is 4.35. The predicted octanol–water partition coefficient (Wildman–Crippen LogP) is 1.76. The normalized spacial score (nSPS) is 11.6. The van der Waals surface area contributed by atoms with Gasteiger partial charge < -0.3 is 15.5 Å². The smallest absolute Gasteiger partial charge is 0.170 e. The van der Waals surface area contributed by atoms with Crippen molar-refractivity contribution in [3.8, 4) is 0 Å². The molecule has 0 bridgehead atoms. The number of nitrogens with one attached hydrogen (secondary N) is 3. The van der Waals surface area contributed by atoms with Gasteiger partial charge >= 0.3 is 0 Å². The molecule has 0 aliphatic heterocycles. The first-order valence-corrected chi connectivity index (χ1v) is 7.51. The van der Waals surface area contributed by atoms with Crippen LogP contribution >= 0.6 is 12.2 Å². The fourth-order valence-electron chi connectivity index (χ4n) is 2.33. The molecule has 4 heteroatoms. The van der Waals surface area contributed by atoms with Crippen molar-refractivity contribution in [1.29, 1.82) is 0 Å². The Morgan fingerprint density at radius 2 is 1.85 bits per heavy atom. The third kappa shape index (κ3) is 5.88. The van der Waals surface area contributed by atoms with E-state index >= 15 is 0 Å². The molecule has 0 atom stereocenters. The van der Waals surface area contributed by atoms with Gasteiger partial charge in [-0.05, 0) is 49.3 Å². The second-order valence-electron chi connectivity index (χ2n) is 6.65. The lowest BCUT2D eigenvalue weighted by Crippen LogP contribution is -3.07. The van der Waals surface area contributed by atoms with Crippen LogP contribution in [0.3, 0.4) is 0 Å². The van der Waals surface area contributed by atoms with Crippen molar-refractivity contribution in [2.75, 3.05) is 32.5 Å². The van der Waals surface area contributed by atoms with Crippen molar-refractivity contribution in [3.05, 3.63) is 29.3 Å². The molecule has 0 radical (unpaired) electrons. The van der Waals surface area contributed by atoms with E-state index in [1.165, 1.54) is 16.0 Å². The third-order valence-corrected chi connectivity index (χ3v) is 3.57. The van der Waals surface area contributed by atoms with Crippen LogP contribution in [0.4, 0.5) is 5.69 Å².